The minimum atomic E-state index is -0.799. The molecule has 20 heavy (non-hydrogen) atoms. The van der Waals surface area contributed by atoms with Crippen molar-refractivity contribution in [1.29, 1.82) is 0 Å². The van der Waals surface area contributed by atoms with Gasteiger partial charge in [0.25, 0.3) is 0 Å². The van der Waals surface area contributed by atoms with Crippen LogP contribution in [0, 0.1) is 0 Å². The highest BCUT2D eigenvalue weighted by molar-refractivity contribution is 5.91. The molecular weight excluding hydrogens is 248 g/mol. The van der Waals surface area contributed by atoms with Gasteiger partial charge in [0.05, 0.1) is 5.56 Å². The molecule has 2 aliphatic rings. The van der Waals surface area contributed by atoms with Crippen molar-refractivity contribution in [2.24, 2.45) is 0 Å². The third-order valence-electron chi connectivity index (χ3n) is 5.03. The molecule has 1 spiro atoms. The lowest BCUT2D eigenvalue weighted by Gasteiger charge is -2.28. The van der Waals surface area contributed by atoms with Crippen LogP contribution in [0.5, 0.6) is 0 Å². The van der Waals surface area contributed by atoms with E-state index in [4.69, 9.17) is 0 Å². The maximum atomic E-state index is 11.6. The SMILES string of the molecule is O=C(O)c1cccc2c1C1(CCc3ccccc31)CC2. The zero-order valence-corrected chi connectivity index (χ0v) is 11.2. The summed E-state index contributed by atoms with van der Waals surface area (Å²) in [7, 11) is 0. The van der Waals surface area contributed by atoms with Gasteiger partial charge in [-0.2, -0.15) is 0 Å². The summed E-state index contributed by atoms with van der Waals surface area (Å²) in [5.41, 5.74) is 5.49. The van der Waals surface area contributed by atoms with Gasteiger partial charge in [-0.3, -0.25) is 0 Å². The van der Waals surface area contributed by atoms with Crippen LogP contribution >= 0.6 is 0 Å². The third-order valence-corrected chi connectivity index (χ3v) is 5.03. The molecule has 100 valence electrons. The van der Waals surface area contributed by atoms with Crippen LogP contribution in [-0.4, -0.2) is 11.1 Å². The first-order valence-corrected chi connectivity index (χ1v) is 7.16. The smallest absolute Gasteiger partial charge is 0.336 e. The number of rotatable bonds is 1. The van der Waals surface area contributed by atoms with Crippen molar-refractivity contribution >= 4 is 5.97 Å². The topological polar surface area (TPSA) is 37.3 Å². The van der Waals surface area contributed by atoms with E-state index in [9.17, 15) is 9.90 Å². The number of aryl methyl sites for hydroxylation is 2. The number of hydrogen-bond donors (Lipinski definition) is 1. The second kappa shape index (κ2) is 3.95. The average molecular weight is 264 g/mol. The van der Waals surface area contributed by atoms with Crippen molar-refractivity contribution in [2.45, 2.75) is 31.1 Å². The highest BCUT2D eigenvalue weighted by atomic mass is 16.4. The fourth-order valence-electron chi connectivity index (χ4n) is 4.23. The molecule has 0 amide bonds. The molecule has 4 rings (SSSR count). The summed E-state index contributed by atoms with van der Waals surface area (Å²) in [5.74, 6) is -0.799. The zero-order chi connectivity index (χ0) is 13.7. The van der Waals surface area contributed by atoms with Gasteiger partial charge in [-0.25, -0.2) is 4.79 Å². The van der Waals surface area contributed by atoms with Crippen LogP contribution in [0.15, 0.2) is 42.5 Å². The number of carboxylic acids is 1. The monoisotopic (exact) mass is 264 g/mol. The van der Waals surface area contributed by atoms with Crippen molar-refractivity contribution in [2.75, 3.05) is 0 Å². The lowest BCUT2D eigenvalue weighted by Crippen LogP contribution is -2.24. The molecule has 2 aliphatic carbocycles. The van der Waals surface area contributed by atoms with Gasteiger partial charge in [-0.15, -0.1) is 0 Å². The van der Waals surface area contributed by atoms with Crippen LogP contribution in [0.2, 0.25) is 0 Å². The molecule has 0 saturated heterocycles. The molecule has 0 heterocycles. The van der Waals surface area contributed by atoms with Crippen LogP contribution in [0.1, 0.15) is 45.5 Å². The highest BCUT2D eigenvalue weighted by Gasteiger charge is 2.46. The van der Waals surface area contributed by atoms with E-state index in [1.807, 2.05) is 6.07 Å². The number of benzene rings is 2. The second-order valence-corrected chi connectivity index (χ2v) is 5.88. The Morgan fingerprint density at radius 2 is 1.65 bits per heavy atom. The fraction of sp³-hybridized carbons (Fsp3) is 0.278. The predicted octanol–water partition coefficient (Wildman–Crippen LogP) is 3.56. The molecule has 2 aromatic carbocycles. The van der Waals surface area contributed by atoms with Gasteiger partial charge in [0, 0.05) is 5.41 Å². The van der Waals surface area contributed by atoms with E-state index in [1.54, 1.807) is 6.07 Å². The van der Waals surface area contributed by atoms with Gasteiger partial charge in [0.15, 0.2) is 0 Å². The summed E-state index contributed by atoms with van der Waals surface area (Å²) in [5, 5.41) is 9.54. The molecule has 0 bridgehead atoms. The molecule has 1 N–H and O–H groups in total. The summed E-state index contributed by atoms with van der Waals surface area (Å²) in [6.07, 6.45) is 4.14. The van der Waals surface area contributed by atoms with Crippen LogP contribution in [0.25, 0.3) is 0 Å². The molecule has 0 aromatic heterocycles. The van der Waals surface area contributed by atoms with E-state index < -0.39 is 5.97 Å². The van der Waals surface area contributed by atoms with Crippen LogP contribution in [0.3, 0.4) is 0 Å². The average Bonchev–Trinajstić information content (AvgIpc) is 3.03. The third kappa shape index (κ3) is 1.36. The first-order valence-electron chi connectivity index (χ1n) is 7.16. The Labute approximate surface area is 118 Å². The molecule has 2 nitrogen and oxygen atoms in total. The maximum absolute atomic E-state index is 11.6. The first-order chi connectivity index (χ1) is 9.72. The standard InChI is InChI=1S/C18H16O2/c19-17(20)14-6-3-5-13-9-11-18(16(13)14)10-8-12-4-1-2-7-15(12)18/h1-7H,8-11H2,(H,19,20). The molecule has 2 aromatic rings. The van der Waals surface area contributed by atoms with E-state index in [0.717, 1.165) is 31.2 Å². The minimum absolute atomic E-state index is 0.0547. The lowest BCUT2D eigenvalue weighted by molar-refractivity contribution is 0.0694. The van der Waals surface area contributed by atoms with Gasteiger partial charge in [-0.05, 0) is 54.0 Å². The van der Waals surface area contributed by atoms with E-state index >= 15 is 0 Å². The summed E-state index contributed by atoms with van der Waals surface area (Å²) >= 11 is 0. The normalized spacial score (nSPS) is 22.8. The molecule has 2 heteroatoms. The summed E-state index contributed by atoms with van der Waals surface area (Å²) in [4.78, 5) is 11.6. The van der Waals surface area contributed by atoms with Gasteiger partial charge < -0.3 is 5.11 Å². The highest BCUT2D eigenvalue weighted by Crippen LogP contribution is 2.53. The number of carbonyl (C=O) groups is 1. The quantitative estimate of drug-likeness (QED) is 0.855. The molecule has 1 unspecified atom stereocenters. The molecule has 1 atom stereocenters. The predicted molar refractivity (Wildman–Crippen MR) is 77.3 cm³/mol. The second-order valence-electron chi connectivity index (χ2n) is 5.88. The Balaban J connectivity index is 2.01. The zero-order valence-electron chi connectivity index (χ0n) is 11.2. The van der Waals surface area contributed by atoms with Gasteiger partial charge >= 0.3 is 5.97 Å². The van der Waals surface area contributed by atoms with E-state index in [0.29, 0.717) is 5.56 Å². The summed E-state index contributed by atoms with van der Waals surface area (Å²) in [6.45, 7) is 0. The minimum Gasteiger partial charge on any atom is -0.478 e. The van der Waals surface area contributed by atoms with Crippen molar-refractivity contribution < 1.29 is 9.90 Å². The molecule has 0 aliphatic heterocycles. The molecular formula is C18H16O2. The van der Waals surface area contributed by atoms with Crippen molar-refractivity contribution in [3.63, 3.8) is 0 Å². The summed E-state index contributed by atoms with van der Waals surface area (Å²) in [6, 6.07) is 14.3. The maximum Gasteiger partial charge on any atom is 0.336 e. The van der Waals surface area contributed by atoms with Crippen molar-refractivity contribution in [3.05, 3.63) is 70.3 Å². The number of hydrogen-bond acceptors (Lipinski definition) is 1. The van der Waals surface area contributed by atoms with Crippen molar-refractivity contribution in [1.82, 2.24) is 0 Å². The van der Waals surface area contributed by atoms with E-state index in [2.05, 4.69) is 30.3 Å². The number of fused-ring (bicyclic) bond motifs is 4. The van der Waals surface area contributed by atoms with Crippen LogP contribution in [-0.2, 0) is 18.3 Å². The fourth-order valence-corrected chi connectivity index (χ4v) is 4.23. The Kier molecular flexibility index (Phi) is 2.31. The van der Waals surface area contributed by atoms with Gasteiger partial charge in [-0.1, -0.05) is 36.4 Å². The van der Waals surface area contributed by atoms with Crippen LogP contribution in [0.4, 0.5) is 0 Å². The van der Waals surface area contributed by atoms with E-state index in [1.165, 1.54) is 16.7 Å². The van der Waals surface area contributed by atoms with E-state index in [-0.39, 0.29) is 5.41 Å². The number of carboxylic acid groups (broad SMARTS) is 1. The Morgan fingerprint density at radius 1 is 0.950 bits per heavy atom. The Hall–Kier alpha value is -2.09. The first kappa shape index (κ1) is 11.7. The van der Waals surface area contributed by atoms with Gasteiger partial charge in [0.1, 0.15) is 0 Å². The van der Waals surface area contributed by atoms with Crippen molar-refractivity contribution in [3.8, 4) is 0 Å². The Morgan fingerprint density at radius 3 is 2.45 bits per heavy atom. The summed E-state index contributed by atoms with van der Waals surface area (Å²) < 4.78 is 0. The number of aromatic carboxylic acids is 1. The molecule has 0 saturated carbocycles. The van der Waals surface area contributed by atoms with Gasteiger partial charge in [0.2, 0.25) is 0 Å². The van der Waals surface area contributed by atoms with Crippen LogP contribution < -0.4 is 0 Å². The largest absolute Gasteiger partial charge is 0.478 e. The lowest BCUT2D eigenvalue weighted by atomic mass is 9.75. The molecule has 0 fully saturated rings. The molecule has 0 radical (unpaired) electrons. The Bertz CT molecular complexity index is 713.